The monoisotopic (exact) mass is 350 g/mol. The Morgan fingerprint density at radius 2 is 2.12 bits per heavy atom. The van der Waals surface area contributed by atoms with Crippen LogP contribution >= 0.6 is 0 Å². The first kappa shape index (κ1) is 18.3. The molecule has 1 aliphatic rings. The quantitative estimate of drug-likeness (QED) is 0.839. The summed E-state index contributed by atoms with van der Waals surface area (Å²) in [5, 5.41) is 9.40. The van der Waals surface area contributed by atoms with Gasteiger partial charge in [0.2, 0.25) is 5.88 Å². The van der Waals surface area contributed by atoms with Crippen LogP contribution in [0, 0.1) is 23.0 Å². The lowest BCUT2D eigenvalue weighted by molar-refractivity contribution is -0.139. The predicted molar refractivity (Wildman–Crippen MR) is 82.9 cm³/mol. The third-order valence-corrected chi connectivity index (χ3v) is 3.70. The molecular weight excluding hydrogens is 334 g/mol. The first-order chi connectivity index (χ1) is 11.9. The van der Waals surface area contributed by atoms with Gasteiger partial charge < -0.3 is 19.9 Å². The third kappa shape index (κ3) is 3.13. The average molecular weight is 350 g/mol. The second-order valence-electron chi connectivity index (χ2n) is 5.09. The highest BCUT2D eigenvalue weighted by atomic mass is 19.1. The largest absolute Gasteiger partial charge is 0.494 e. The van der Waals surface area contributed by atoms with Crippen molar-refractivity contribution in [3.63, 3.8) is 0 Å². The van der Waals surface area contributed by atoms with Crippen LogP contribution in [-0.2, 0) is 14.3 Å². The van der Waals surface area contributed by atoms with E-state index in [0.29, 0.717) is 0 Å². The molecule has 0 aliphatic carbocycles. The smallest absolute Gasteiger partial charge is 0.338 e. The first-order valence-electron chi connectivity index (χ1n) is 7.34. The summed E-state index contributed by atoms with van der Waals surface area (Å²) in [4.78, 5) is 12.3. The number of nitriles is 1. The summed E-state index contributed by atoms with van der Waals surface area (Å²) in [7, 11) is 1.22. The zero-order valence-electron chi connectivity index (χ0n) is 13.9. The molecule has 2 N–H and O–H groups in total. The second kappa shape index (κ2) is 7.21. The minimum atomic E-state index is -1.41. The molecule has 2 rings (SSSR count). The summed E-state index contributed by atoms with van der Waals surface area (Å²) in [6.45, 7) is 3.01. The van der Waals surface area contributed by atoms with Crippen molar-refractivity contribution in [2.75, 3.05) is 13.7 Å². The van der Waals surface area contributed by atoms with Crippen molar-refractivity contribution in [3.05, 3.63) is 52.1 Å². The fourth-order valence-electron chi connectivity index (χ4n) is 2.62. The highest BCUT2D eigenvalue weighted by molar-refractivity contribution is 5.92. The Bertz CT molecular complexity index is 825. The molecule has 1 heterocycles. The number of nitrogens with zero attached hydrogens (tertiary/aromatic N) is 1. The van der Waals surface area contributed by atoms with Gasteiger partial charge in [0.25, 0.3) is 0 Å². The van der Waals surface area contributed by atoms with Gasteiger partial charge in [-0.25, -0.2) is 13.6 Å². The molecular formula is C17H16F2N2O4. The molecule has 0 fully saturated rings. The van der Waals surface area contributed by atoms with Crippen molar-refractivity contribution in [3.8, 4) is 11.8 Å². The molecule has 0 amide bonds. The van der Waals surface area contributed by atoms with Crippen molar-refractivity contribution in [2.45, 2.75) is 19.8 Å². The van der Waals surface area contributed by atoms with Crippen molar-refractivity contribution in [1.82, 2.24) is 0 Å². The van der Waals surface area contributed by atoms with Gasteiger partial charge in [-0.3, -0.25) is 0 Å². The normalized spacial score (nSPS) is 17.0. The summed E-state index contributed by atoms with van der Waals surface area (Å²) in [6, 6.07) is 3.84. The SMILES string of the molecule is CCOC(=O)C1=C(C)OC(N)=C(C#N)C1c1c(F)ccc(OC)c1F. The number of benzene rings is 1. The predicted octanol–water partition coefficient (Wildman–Crippen LogP) is 2.62. The number of hydrogen-bond donors (Lipinski definition) is 1. The Morgan fingerprint density at radius 1 is 1.44 bits per heavy atom. The van der Waals surface area contributed by atoms with E-state index in [2.05, 4.69) is 0 Å². The van der Waals surface area contributed by atoms with Crippen LogP contribution in [0.2, 0.25) is 0 Å². The maximum absolute atomic E-state index is 14.8. The lowest BCUT2D eigenvalue weighted by Gasteiger charge is -2.27. The van der Waals surface area contributed by atoms with Gasteiger partial charge >= 0.3 is 5.97 Å². The topological polar surface area (TPSA) is 94.6 Å². The van der Waals surface area contributed by atoms with Crippen molar-refractivity contribution in [2.24, 2.45) is 5.73 Å². The molecule has 0 spiro atoms. The molecule has 0 radical (unpaired) electrons. The molecule has 0 saturated carbocycles. The Balaban J connectivity index is 2.78. The number of carbonyl (C=O) groups is 1. The summed E-state index contributed by atoms with van der Waals surface area (Å²) < 4.78 is 44.2. The number of carbonyl (C=O) groups excluding carboxylic acids is 1. The summed E-state index contributed by atoms with van der Waals surface area (Å²) in [5.74, 6) is -4.83. The molecule has 1 aromatic rings. The van der Waals surface area contributed by atoms with Crippen LogP contribution in [0.15, 0.2) is 34.9 Å². The number of rotatable bonds is 4. The van der Waals surface area contributed by atoms with E-state index in [4.69, 9.17) is 19.9 Å². The second-order valence-corrected chi connectivity index (χ2v) is 5.09. The van der Waals surface area contributed by atoms with E-state index in [-0.39, 0.29) is 35.1 Å². The van der Waals surface area contributed by atoms with Crippen LogP contribution in [-0.4, -0.2) is 19.7 Å². The molecule has 1 aliphatic heterocycles. The molecule has 0 aromatic heterocycles. The molecule has 0 bridgehead atoms. The minimum Gasteiger partial charge on any atom is -0.494 e. The van der Waals surface area contributed by atoms with Gasteiger partial charge in [0.05, 0.1) is 25.2 Å². The number of allylic oxidation sites excluding steroid dienone is 2. The van der Waals surface area contributed by atoms with Crippen molar-refractivity contribution < 1.29 is 27.8 Å². The lowest BCUT2D eigenvalue weighted by atomic mass is 9.82. The van der Waals surface area contributed by atoms with Gasteiger partial charge in [0, 0.05) is 5.56 Å². The van der Waals surface area contributed by atoms with E-state index in [1.165, 1.54) is 14.0 Å². The Kier molecular flexibility index (Phi) is 5.27. The van der Waals surface area contributed by atoms with E-state index in [1.807, 2.05) is 0 Å². The fourth-order valence-corrected chi connectivity index (χ4v) is 2.62. The Hall–Kier alpha value is -3.08. The first-order valence-corrected chi connectivity index (χ1v) is 7.34. The zero-order chi connectivity index (χ0) is 18.7. The van der Waals surface area contributed by atoms with Gasteiger partial charge in [-0.2, -0.15) is 5.26 Å². The van der Waals surface area contributed by atoms with E-state index < -0.39 is 29.1 Å². The van der Waals surface area contributed by atoms with Gasteiger partial charge in [-0.15, -0.1) is 0 Å². The van der Waals surface area contributed by atoms with Gasteiger partial charge in [0.15, 0.2) is 11.6 Å². The highest BCUT2D eigenvalue weighted by Crippen LogP contribution is 2.43. The van der Waals surface area contributed by atoms with Crippen LogP contribution in [0.4, 0.5) is 8.78 Å². The van der Waals surface area contributed by atoms with Gasteiger partial charge in [0.1, 0.15) is 23.2 Å². The van der Waals surface area contributed by atoms with Gasteiger partial charge in [-0.1, -0.05) is 0 Å². The van der Waals surface area contributed by atoms with E-state index >= 15 is 0 Å². The fraction of sp³-hybridized carbons (Fsp3) is 0.294. The maximum atomic E-state index is 14.8. The number of esters is 1. The number of ether oxygens (including phenoxy) is 3. The molecule has 1 atom stereocenters. The number of methoxy groups -OCH3 is 1. The molecule has 6 nitrogen and oxygen atoms in total. The molecule has 1 aromatic carbocycles. The number of nitrogens with two attached hydrogens (primary N) is 1. The number of hydrogen-bond acceptors (Lipinski definition) is 6. The average Bonchev–Trinajstić information content (AvgIpc) is 2.55. The maximum Gasteiger partial charge on any atom is 0.338 e. The van der Waals surface area contributed by atoms with E-state index in [0.717, 1.165) is 12.1 Å². The van der Waals surface area contributed by atoms with E-state index in [9.17, 15) is 18.8 Å². The molecule has 1 unspecified atom stereocenters. The Morgan fingerprint density at radius 3 is 2.68 bits per heavy atom. The molecule has 8 heteroatoms. The van der Waals surface area contributed by atoms with E-state index in [1.54, 1.807) is 13.0 Å². The summed E-state index contributed by atoms with van der Waals surface area (Å²) in [6.07, 6.45) is 0. The van der Waals surface area contributed by atoms with Crippen molar-refractivity contribution >= 4 is 5.97 Å². The zero-order valence-corrected chi connectivity index (χ0v) is 13.9. The minimum absolute atomic E-state index is 0.00145. The van der Waals surface area contributed by atoms with Crippen LogP contribution in [0.3, 0.4) is 0 Å². The van der Waals surface area contributed by atoms with Crippen LogP contribution in [0.5, 0.6) is 5.75 Å². The lowest BCUT2D eigenvalue weighted by Crippen LogP contribution is -2.27. The highest BCUT2D eigenvalue weighted by Gasteiger charge is 2.40. The van der Waals surface area contributed by atoms with Crippen molar-refractivity contribution in [1.29, 1.82) is 5.26 Å². The van der Waals surface area contributed by atoms with Crippen LogP contribution < -0.4 is 10.5 Å². The summed E-state index contributed by atoms with van der Waals surface area (Å²) >= 11 is 0. The Labute approximate surface area is 143 Å². The van der Waals surface area contributed by atoms with Crippen LogP contribution in [0.25, 0.3) is 0 Å². The summed E-state index contributed by atoms with van der Waals surface area (Å²) in [5.41, 5.74) is 4.66. The molecule has 25 heavy (non-hydrogen) atoms. The third-order valence-electron chi connectivity index (χ3n) is 3.70. The molecule has 132 valence electrons. The van der Waals surface area contributed by atoms with Crippen LogP contribution in [0.1, 0.15) is 25.3 Å². The molecule has 0 saturated heterocycles. The standard InChI is InChI=1S/C17H16F2N2O4/c1-4-24-17(22)12-8(2)25-16(21)9(7-20)13(12)14-10(18)5-6-11(23-3)15(14)19/h5-6,13H,4,21H2,1-3H3. The van der Waals surface area contributed by atoms with Gasteiger partial charge in [-0.05, 0) is 26.0 Å². The number of halogens is 2.